The lowest BCUT2D eigenvalue weighted by Crippen LogP contribution is -2.28. The van der Waals surface area contributed by atoms with E-state index >= 15 is 0 Å². The summed E-state index contributed by atoms with van der Waals surface area (Å²) in [7, 11) is 0. The fourth-order valence-corrected chi connectivity index (χ4v) is 2.92. The van der Waals surface area contributed by atoms with Crippen LogP contribution in [-0.2, 0) is 4.79 Å². The van der Waals surface area contributed by atoms with Gasteiger partial charge in [0.2, 0.25) is 5.91 Å². The summed E-state index contributed by atoms with van der Waals surface area (Å²) in [4.78, 5) is 12.3. The number of nitrogens with one attached hydrogen (secondary N) is 1. The molecule has 0 radical (unpaired) electrons. The van der Waals surface area contributed by atoms with E-state index in [1.54, 1.807) is 0 Å². The van der Waals surface area contributed by atoms with Gasteiger partial charge in [0, 0.05) is 10.2 Å². The maximum absolute atomic E-state index is 12.3. The maximum Gasteiger partial charge on any atom is 0.245 e. The number of halogens is 1. The minimum Gasteiger partial charge on any atom is -0.324 e. The number of rotatable bonds is 3. The quantitative estimate of drug-likeness (QED) is 0.881. The minimum atomic E-state index is -0.673. The first kappa shape index (κ1) is 15.7. The van der Waals surface area contributed by atoms with Gasteiger partial charge in [-0.2, -0.15) is 0 Å². The summed E-state index contributed by atoms with van der Waals surface area (Å²) in [5.41, 5.74) is 10.8. The molecule has 0 aromatic heterocycles. The summed E-state index contributed by atoms with van der Waals surface area (Å²) in [5.74, 6) is -0.202. The zero-order chi connectivity index (χ0) is 15.6. The van der Waals surface area contributed by atoms with Crippen LogP contribution in [0.1, 0.15) is 28.3 Å². The van der Waals surface area contributed by atoms with E-state index in [-0.39, 0.29) is 5.91 Å². The Labute approximate surface area is 133 Å². The summed E-state index contributed by atoms with van der Waals surface area (Å²) in [6, 6.07) is 11.0. The lowest BCUT2D eigenvalue weighted by atomic mass is 10.0. The van der Waals surface area contributed by atoms with Gasteiger partial charge in [-0.3, -0.25) is 4.79 Å². The highest BCUT2D eigenvalue weighted by molar-refractivity contribution is 9.10. The average Bonchev–Trinajstić information content (AvgIpc) is 2.42. The van der Waals surface area contributed by atoms with Crippen LogP contribution in [0.3, 0.4) is 0 Å². The molecule has 0 saturated heterocycles. The van der Waals surface area contributed by atoms with Crippen LogP contribution in [0.15, 0.2) is 40.9 Å². The standard InChI is InChI=1S/C17H19BrN2O/c1-10-4-6-13(7-5-10)15(19)17(21)20-16-11(2)8-14(18)9-12(16)3/h4-9,15H,19H2,1-3H3,(H,20,21). The Kier molecular flexibility index (Phi) is 4.80. The first-order chi connectivity index (χ1) is 9.88. The third kappa shape index (κ3) is 3.71. The number of benzene rings is 2. The molecule has 0 aliphatic carbocycles. The second-order valence-corrected chi connectivity index (χ2v) is 6.21. The van der Waals surface area contributed by atoms with Crippen molar-refractivity contribution in [1.29, 1.82) is 0 Å². The summed E-state index contributed by atoms with van der Waals surface area (Å²) < 4.78 is 0.998. The zero-order valence-corrected chi connectivity index (χ0v) is 14.0. The number of carbonyl (C=O) groups is 1. The number of hydrogen-bond donors (Lipinski definition) is 2. The zero-order valence-electron chi connectivity index (χ0n) is 12.4. The van der Waals surface area contributed by atoms with Gasteiger partial charge in [-0.15, -0.1) is 0 Å². The smallest absolute Gasteiger partial charge is 0.245 e. The monoisotopic (exact) mass is 346 g/mol. The molecule has 0 aliphatic rings. The van der Waals surface area contributed by atoms with Crippen LogP contribution in [0.25, 0.3) is 0 Å². The molecule has 21 heavy (non-hydrogen) atoms. The summed E-state index contributed by atoms with van der Waals surface area (Å²) in [6.07, 6.45) is 0. The first-order valence-corrected chi connectivity index (χ1v) is 7.57. The van der Waals surface area contributed by atoms with Crippen LogP contribution in [-0.4, -0.2) is 5.91 Å². The van der Waals surface area contributed by atoms with Crippen LogP contribution in [0.2, 0.25) is 0 Å². The van der Waals surface area contributed by atoms with Crippen molar-refractivity contribution < 1.29 is 4.79 Å². The first-order valence-electron chi connectivity index (χ1n) is 6.78. The molecule has 2 rings (SSSR count). The fraction of sp³-hybridized carbons (Fsp3) is 0.235. The van der Waals surface area contributed by atoms with Crippen molar-refractivity contribution in [2.75, 3.05) is 5.32 Å². The average molecular weight is 347 g/mol. The van der Waals surface area contributed by atoms with Crippen molar-refractivity contribution in [1.82, 2.24) is 0 Å². The van der Waals surface area contributed by atoms with E-state index in [0.717, 1.165) is 32.4 Å². The number of aryl methyl sites for hydroxylation is 3. The Morgan fingerprint density at radius 3 is 2.14 bits per heavy atom. The van der Waals surface area contributed by atoms with Gasteiger partial charge in [-0.25, -0.2) is 0 Å². The number of nitrogens with two attached hydrogens (primary N) is 1. The van der Waals surface area contributed by atoms with Gasteiger partial charge in [0.25, 0.3) is 0 Å². The normalized spacial score (nSPS) is 12.0. The summed E-state index contributed by atoms with van der Waals surface area (Å²) in [6.45, 7) is 5.93. The predicted molar refractivity (Wildman–Crippen MR) is 90.4 cm³/mol. The Balaban J connectivity index is 2.20. The number of carbonyl (C=O) groups excluding carboxylic acids is 1. The van der Waals surface area contributed by atoms with E-state index in [2.05, 4.69) is 21.2 Å². The molecule has 0 fully saturated rings. The molecule has 0 saturated carbocycles. The van der Waals surface area contributed by atoms with Gasteiger partial charge in [-0.1, -0.05) is 45.8 Å². The number of anilines is 1. The predicted octanol–water partition coefficient (Wildman–Crippen LogP) is 4.01. The van der Waals surface area contributed by atoms with E-state index in [4.69, 9.17) is 5.73 Å². The lowest BCUT2D eigenvalue weighted by molar-refractivity contribution is -0.117. The third-order valence-electron chi connectivity index (χ3n) is 3.46. The maximum atomic E-state index is 12.3. The van der Waals surface area contributed by atoms with Crippen LogP contribution in [0.5, 0.6) is 0 Å². The van der Waals surface area contributed by atoms with Crippen molar-refractivity contribution in [3.05, 3.63) is 63.1 Å². The lowest BCUT2D eigenvalue weighted by Gasteiger charge is -2.16. The molecule has 3 nitrogen and oxygen atoms in total. The number of hydrogen-bond acceptors (Lipinski definition) is 2. The second kappa shape index (κ2) is 6.41. The molecule has 2 aromatic carbocycles. The molecule has 0 heterocycles. The van der Waals surface area contributed by atoms with Gasteiger partial charge in [0.05, 0.1) is 0 Å². The van der Waals surface area contributed by atoms with Crippen LogP contribution < -0.4 is 11.1 Å². The summed E-state index contributed by atoms with van der Waals surface area (Å²) in [5, 5.41) is 2.93. The Bertz CT molecular complexity index is 642. The molecule has 1 atom stereocenters. The number of amides is 1. The highest BCUT2D eigenvalue weighted by atomic mass is 79.9. The van der Waals surface area contributed by atoms with Crippen molar-refractivity contribution in [2.45, 2.75) is 26.8 Å². The van der Waals surface area contributed by atoms with Crippen molar-refractivity contribution in [3.63, 3.8) is 0 Å². The van der Waals surface area contributed by atoms with Gasteiger partial charge in [0.15, 0.2) is 0 Å². The van der Waals surface area contributed by atoms with E-state index in [0.29, 0.717) is 0 Å². The molecule has 110 valence electrons. The Morgan fingerprint density at radius 1 is 1.10 bits per heavy atom. The van der Waals surface area contributed by atoms with Gasteiger partial charge in [-0.05, 0) is 49.6 Å². The molecule has 4 heteroatoms. The molecular formula is C17H19BrN2O. The van der Waals surface area contributed by atoms with Gasteiger partial charge in [0.1, 0.15) is 6.04 Å². The second-order valence-electron chi connectivity index (χ2n) is 5.29. The van der Waals surface area contributed by atoms with E-state index in [9.17, 15) is 4.79 Å². The largest absolute Gasteiger partial charge is 0.324 e. The summed E-state index contributed by atoms with van der Waals surface area (Å²) >= 11 is 3.45. The van der Waals surface area contributed by atoms with Crippen LogP contribution >= 0.6 is 15.9 Å². The third-order valence-corrected chi connectivity index (χ3v) is 3.92. The van der Waals surface area contributed by atoms with Crippen LogP contribution in [0, 0.1) is 20.8 Å². The van der Waals surface area contributed by atoms with Crippen LogP contribution in [0.4, 0.5) is 5.69 Å². The fourth-order valence-electron chi connectivity index (χ4n) is 2.23. The topological polar surface area (TPSA) is 55.1 Å². The molecule has 1 amide bonds. The van der Waals surface area contributed by atoms with E-state index < -0.39 is 6.04 Å². The van der Waals surface area contributed by atoms with Crippen molar-refractivity contribution in [3.8, 4) is 0 Å². The van der Waals surface area contributed by atoms with E-state index in [1.165, 1.54) is 0 Å². The SMILES string of the molecule is Cc1ccc(C(N)C(=O)Nc2c(C)cc(Br)cc2C)cc1. The van der Waals surface area contributed by atoms with E-state index in [1.807, 2.05) is 57.2 Å². The molecule has 0 aliphatic heterocycles. The molecule has 2 aromatic rings. The minimum absolute atomic E-state index is 0.202. The molecule has 3 N–H and O–H groups in total. The highest BCUT2D eigenvalue weighted by Crippen LogP contribution is 2.26. The van der Waals surface area contributed by atoms with Gasteiger partial charge >= 0.3 is 0 Å². The molecule has 0 bridgehead atoms. The Hall–Kier alpha value is -1.65. The van der Waals surface area contributed by atoms with Gasteiger partial charge < -0.3 is 11.1 Å². The van der Waals surface area contributed by atoms with Crippen molar-refractivity contribution in [2.24, 2.45) is 5.73 Å². The molecule has 1 unspecified atom stereocenters. The van der Waals surface area contributed by atoms with Crippen molar-refractivity contribution >= 4 is 27.5 Å². The Morgan fingerprint density at radius 2 is 1.62 bits per heavy atom. The highest BCUT2D eigenvalue weighted by Gasteiger charge is 2.17. The molecular weight excluding hydrogens is 328 g/mol. The molecule has 0 spiro atoms.